The lowest BCUT2D eigenvalue weighted by Gasteiger charge is -2.16. The summed E-state index contributed by atoms with van der Waals surface area (Å²) in [6.07, 6.45) is 6.83. The van der Waals surface area contributed by atoms with E-state index in [-0.39, 0.29) is 12.5 Å². The van der Waals surface area contributed by atoms with Gasteiger partial charge in [-0.05, 0) is 12.0 Å². The van der Waals surface area contributed by atoms with Gasteiger partial charge in [-0.15, -0.1) is 0 Å². The van der Waals surface area contributed by atoms with Crippen molar-refractivity contribution in [1.29, 1.82) is 0 Å². The Morgan fingerprint density at radius 1 is 1.19 bits per heavy atom. The molecule has 1 rings (SSSR count). The number of benzene rings is 1. The fourth-order valence-electron chi connectivity index (χ4n) is 2.22. The molecule has 0 aromatic heterocycles. The Bertz CT molecular complexity index is 381. The van der Waals surface area contributed by atoms with Gasteiger partial charge >= 0.3 is 5.97 Å². The van der Waals surface area contributed by atoms with Crippen LogP contribution < -0.4 is 5.48 Å². The molecular formula is C17H27NO3. The van der Waals surface area contributed by atoms with Crippen LogP contribution in [0.5, 0.6) is 0 Å². The molecule has 1 atom stereocenters. The maximum atomic E-state index is 10.9. The van der Waals surface area contributed by atoms with Crippen molar-refractivity contribution in [1.82, 2.24) is 5.48 Å². The molecule has 4 heteroatoms. The number of hydrogen-bond donors (Lipinski definition) is 2. The van der Waals surface area contributed by atoms with Gasteiger partial charge in [-0.25, -0.2) is 0 Å². The SMILES string of the molecule is CCCCCCC[C@@H](CC(=O)O)NOCc1ccccc1. The molecule has 1 aromatic carbocycles. The number of carboxylic acids is 1. The van der Waals surface area contributed by atoms with Gasteiger partial charge in [0.25, 0.3) is 0 Å². The molecule has 0 saturated carbocycles. The molecule has 0 aliphatic carbocycles. The van der Waals surface area contributed by atoms with Gasteiger partial charge in [-0.2, -0.15) is 5.48 Å². The highest BCUT2D eigenvalue weighted by atomic mass is 16.6. The maximum Gasteiger partial charge on any atom is 0.305 e. The van der Waals surface area contributed by atoms with Gasteiger partial charge < -0.3 is 5.11 Å². The Labute approximate surface area is 127 Å². The van der Waals surface area contributed by atoms with Gasteiger partial charge in [-0.1, -0.05) is 69.4 Å². The van der Waals surface area contributed by atoms with Crippen LogP contribution in [0.2, 0.25) is 0 Å². The molecule has 0 bridgehead atoms. The van der Waals surface area contributed by atoms with Crippen LogP contribution in [-0.4, -0.2) is 17.1 Å². The molecule has 0 fully saturated rings. The average Bonchev–Trinajstić information content (AvgIpc) is 2.47. The maximum absolute atomic E-state index is 10.9. The number of rotatable bonds is 12. The van der Waals surface area contributed by atoms with Crippen LogP contribution >= 0.6 is 0 Å². The summed E-state index contributed by atoms with van der Waals surface area (Å²) in [5, 5.41) is 8.95. The normalized spacial score (nSPS) is 12.2. The van der Waals surface area contributed by atoms with Gasteiger partial charge in [0, 0.05) is 6.04 Å². The Morgan fingerprint density at radius 3 is 2.57 bits per heavy atom. The summed E-state index contributed by atoms with van der Waals surface area (Å²) in [4.78, 5) is 16.3. The lowest BCUT2D eigenvalue weighted by molar-refractivity contribution is -0.138. The van der Waals surface area contributed by atoms with E-state index in [1.807, 2.05) is 30.3 Å². The molecular weight excluding hydrogens is 266 g/mol. The lowest BCUT2D eigenvalue weighted by Crippen LogP contribution is -2.31. The lowest BCUT2D eigenvalue weighted by atomic mass is 10.0. The second-order valence-electron chi connectivity index (χ2n) is 5.39. The number of hydroxylamine groups is 1. The highest BCUT2D eigenvalue weighted by Crippen LogP contribution is 2.10. The van der Waals surface area contributed by atoms with Crippen LogP contribution in [0.4, 0.5) is 0 Å². The Kier molecular flexibility index (Phi) is 9.49. The van der Waals surface area contributed by atoms with Crippen molar-refractivity contribution in [2.75, 3.05) is 0 Å². The first-order valence-electron chi connectivity index (χ1n) is 7.85. The molecule has 21 heavy (non-hydrogen) atoms. The number of carbonyl (C=O) groups is 1. The van der Waals surface area contributed by atoms with Gasteiger partial charge in [0.1, 0.15) is 0 Å². The third-order valence-corrected chi connectivity index (χ3v) is 3.41. The zero-order chi connectivity index (χ0) is 15.3. The van der Waals surface area contributed by atoms with E-state index >= 15 is 0 Å². The van der Waals surface area contributed by atoms with Crippen molar-refractivity contribution in [2.45, 2.75) is 64.5 Å². The van der Waals surface area contributed by atoms with E-state index in [0.717, 1.165) is 24.8 Å². The molecule has 0 aliphatic rings. The zero-order valence-corrected chi connectivity index (χ0v) is 12.9. The minimum absolute atomic E-state index is 0.0998. The summed E-state index contributed by atoms with van der Waals surface area (Å²) in [6, 6.07) is 9.73. The molecule has 0 radical (unpaired) electrons. The fourth-order valence-corrected chi connectivity index (χ4v) is 2.22. The largest absolute Gasteiger partial charge is 0.481 e. The van der Waals surface area contributed by atoms with E-state index in [1.165, 1.54) is 19.3 Å². The summed E-state index contributed by atoms with van der Waals surface area (Å²) in [5.41, 5.74) is 3.98. The summed E-state index contributed by atoms with van der Waals surface area (Å²) in [5.74, 6) is -0.788. The van der Waals surface area contributed by atoms with E-state index in [4.69, 9.17) is 9.94 Å². The number of nitrogens with one attached hydrogen (secondary N) is 1. The van der Waals surface area contributed by atoms with Crippen LogP contribution in [0.3, 0.4) is 0 Å². The van der Waals surface area contributed by atoms with E-state index in [9.17, 15) is 4.79 Å². The van der Waals surface area contributed by atoms with Gasteiger partial charge in [0.2, 0.25) is 0 Å². The first-order valence-corrected chi connectivity index (χ1v) is 7.85. The van der Waals surface area contributed by atoms with Crippen molar-refractivity contribution >= 4 is 5.97 Å². The highest BCUT2D eigenvalue weighted by Gasteiger charge is 2.12. The Balaban J connectivity index is 2.23. The molecule has 0 unspecified atom stereocenters. The molecule has 0 spiro atoms. The minimum Gasteiger partial charge on any atom is -0.481 e. The first-order chi connectivity index (χ1) is 10.2. The van der Waals surface area contributed by atoms with Crippen molar-refractivity contribution < 1.29 is 14.7 Å². The molecule has 0 aliphatic heterocycles. The zero-order valence-electron chi connectivity index (χ0n) is 12.9. The predicted octanol–water partition coefficient (Wildman–Crippen LogP) is 3.91. The van der Waals surface area contributed by atoms with Gasteiger partial charge in [-0.3, -0.25) is 9.63 Å². The molecule has 0 heterocycles. The quantitative estimate of drug-likeness (QED) is 0.453. The molecule has 1 aromatic rings. The topological polar surface area (TPSA) is 58.6 Å². The van der Waals surface area contributed by atoms with Crippen LogP contribution in [0, 0.1) is 0 Å². The van der Waals surface area contributed by atoms with Crippen LogP contribution in [-0.2, 0) is 16.2 Å². The summed E-state index contributed by atoms with van der Waals surface area (Å²) < 4.78 is 0. The molecule has 118 valence electrons. The summed E-state index contributed by atoms with van der Waals surface area (Å²) >= 11 is 0. The molecule has 0 saturated heterocycles. The van der Waals surface area contributed by atoms with Crippen molar-refractivity contribution in [3.63, 3.8) is 0 Å². The molecule has 0 amide bonds. The van der Waals surface area contributed by atoms with E-state index in [1.54, 1.807) is 0 Å². The second-order valence-corrected chi connectivity index (χ2v) is 5.39. The predicted molar refractivity (Wildman–Crippen MR) is 83.8 cm³/mol. The standard InChI is InChI=1S/C17H27NO3/c1-2-3-4-5-9-12-16(13-17(19)20)18-21-14-15-10-7-6-8-11-15/h6-8,10-11,16,18H,2-5,9,12-14H2,1H3,(H,19,20)/t16-/m0/s1. The Morgan fingerprint density at radius 2 is 1.90 bits per heavy atom. The van der Waals surface area contributed by atoms with Crippen molar-refractivity contribution in [2.24, 2.45) is 0 Å². The molecule has 2 N–H and O–H groups in total. The highest BCUT2D eigenvalue weighted by molar-refractivity contribution is 5.67. The number of hydrogen-bond acceptors (Lipinski definition) is 3. The van der Waals surface area contributed by atoms with Crippen molar-refractivity contribution in [3.05, 3.63) is 35.9 Å². The third kappa shape index (κ3) is 9.21. The Hall–Kier alpha value is -1.39. The first kappa shape index (κ1) is 17.7. The van der Waals surface area contributed by atoms with Crippen molar-refractivity contribution in [3.8, 4) is 0 Å². The van der Waals surface area contributed by atoms with E-state index in [0.29, 0.717) is 6.61 Å². The summed E-state index contributed by atoms with van der Waals surface area (Å²) in [6.45, 7) is 2.64. The molecule has 4 nitrogen and oxygen atoms in total. The minimum atomic E-state index is -0.788. The van der Waals surface area contributed by atoms with E-state index in [2.05, 4.69) is 12.4 Å². The third-order valence-electron chi connectivity index (χ3n) is 3.41. The fraction of sp³-hybridized carbons (Fsp3) is 0.588. The van der Waals surface area contributed by atoms with E-state index < -0.39 is 5.97 Å². The monoisotopic (exact) mass is 293 g/mol. The summed E-state index contributed by atoms with van der Waals surface area (Å²) in [7, 11) is 0. The number of unbranched alkanes of at least 4 members (excludes halogenated alkanes) is 4. The van der Waals surface area contributed by atoms with Gasteiger partial charge in [0.15, 0.2) is 0 Å². The number of aliphatic carboxylic acids is 1. The van der Waals surface area contributed by atoms with Crippen LogP contribution in [0.25, 0.3) is 0 Å². The van der Waals surface area contributed by atoms with Crippen LogP contribution in [0.1, 0.15) is 57.4 Å². The average molecular weight is 293 g/mol. The smallest absolute Gasteiger partial charge is 0.305 e. The van der Waals surface area contributed by atoms with Gasteiger partial charge in [0.05, 0.1) is 13.0 Å². The number of carboxylic acid groups (broad SMARTS) is 1. The second kappa shape index (κ2) is 11.3. The van der Waals surface area contributed by atoms with Crippen LogP contribution in [0.15, 0.2) is 30.3 Å².